The lowest BCUT2D eigenvalue weighted by Gasteiger charge is -2.35. The van der Waals surface area contributed by atoms with Gasteiger partial charge in [-0.15, -0.1) is 0 Å². The van der Waals surface area contributed by atoms with Gasteiger partial charge in [-0.1, -0.05) is 12.8 Å². The molecule has 1 N–H and O–H groups in total. The predicted molar refractivity (Wildman–Crippen MR) is 48.9 cm³/mol. The number of likely N-dealkylation sites (N-methyl/N-ethyl adjacent to an activating group) is 2. The van der Waals surface area contributed by atoms with Gasteiger partial charge in [-0.2, -0.15) is 0 Å². The molecule has 0 aromatic heterocycles. The molecule has 1 aliphatic carbocycles. The zero-order valence-electron chi connectivity index (χ0n) is 7.92. The maximum absolute atomic E-state index is 10.6. The van der Waals surface area contributed by atoms with E-state index in [9.17, 15) is 4.79 Å². The number of carbonyl (C=O) groups excluding carboxylic acids is 1. The summed E-state index contributed by atoms with van der Waals surface area (Å²) in [4.78, 5) is 12.4. The van der Waals surface area contributed by atoms with Crippen LogP contribution in [0.1, 0.15) is 25.7 Å². The summed E-state index contributed by atoms with van der Waals surface area (Å²) < 4.78 is 0. The molecule has 0 radical (unpaired) electrons. The third kappa shape index (κ3) is 1.97. The van der Waals surface area contributed by atoms with Crippen LogP contribution in [0.5, 0.6) is 0 Å². The normalized spacial score (nSPS) is 29.8. The van der Waals surface area contributed by atoms with Crippen LogP contribution in [-0.4, -0.2) is 37.5 Å². The summed E-state index contributed by atoms with van der Waals surface area (Å²) >= 11 is 0. The predicted octanol–water partition coefficient (Wildman–Crippen LogP) is 0.605. The average molecular weight is 170 g/mol. The minimum atomic E-state index is 0.404. The molecule has 1 saturated carbocycles. The van der Waals surface area contributed by atoms with Crippen LogP contribution in [0, 0.1) is 0 Å². The van der Waals surface area contributed by atoms with Crippen LogP contribution < -0.4 is 5.32 Å². The van der Waals surface area contributed by atoms with Gasteiger partial charge in [0.15, 0.2) is 0 Å². The summed E-state index contributed by atoms with van der Waals surface area (Å²) in [6.07, 6.45) is 5.80. The minimum Gasteiger partial charge on any atom is -0.344 e. The van der Waals surface area contributed by atoms with E-state index in [1.54, 1.807) is 4.90 Å². The Bertz CT molecular complexity index is 149. The van der Waals surface area contributed by atoms with Gasteiger partial charge < -0.3 is 10.2 Å². The highest BCUT2D eigenvalue weighted by atomic mass is 16.1. The van der Waals surface area contributed by atoms with Crippen LogP contribution >= 0.6 is 0 Å². The van der Waals surface area contributed by atoms with Crippen LogP contribution in [0.15, 0.2) is 0 Å². The van der Waals surface area contributed by atoms with Crippen LogP contribution in [0.4, 0.5) is 0 Å². The average Bonchev–Trinajstić information content (AvgIpc) is 2.16. The Kier molecular flexibility index (Phi) is 3.53. The number of carbonyl (C=O) groups is 1. The van der Waals surface area contributed by atoms with Crippen molar-refractivity contribution in [3.63, 3.8) is 0 Å². The Balaban J connectivity index is 2.51. The van der Waals surface area contributed by atoms with Crippen LogP contribution in [0.25, 0.3) is 0 Å². The highest BCUT2D eigenvalue weighted by Crippen LogP contribution is 2.21. The van der Waals surface area contributed by atoms with Gasteiger partial charge >= 0.3 is 0 Å². The van der Waals surface area contributed by atoms with Gasteiger partial charge in [-0.3, -0.25) is 4.79 Å². The molecule has 70 valence electrons. The van der Waals surface area contributed by atoms with E-state index >= 15 is 0 Å². The molecule has 3 heteroatoms. The number of nitrogens with zero attached hydrogens (tertiary/aromatic N) is 1. The van der Waals surface area contributed by atoms with E-state index in [0.717, 1.165) is 12.8 Å². The van der Waals surface area contributed by atoms with E-state index in [0.29, 0.717) is 12.1 Å². The molecule has 0 aromatic carbocycles. The Labute approximate surface area is 74.1 Å². The maximum Gasteiger partial charge on any atom is 0.209 e. The number of amides is 1. The largest absolute Gasteiger partial charge is 0.344 e. The van der Waals surface area contributed by atoms with Gasteiger partial charge in [0.2, 0.25) is 6.41 Å². The van der Waals surface area contributed by atoms with Crippen LogP contribution in [0.2, 0.25) is 0 Å². The highest BCUT2D eigenvalue weighted by Gasteiger charge is 2.25. The number of hydrogen-bond acceptors (Lipinski definition) is 2. The summed E-state index contributed by atoms with van der Waals surface area (Å²) in [5.74, 6) is 0. The summed E-state index contributed by atoms with van der Waals surface area (Å²) in [7, 11) is 3.84. The molecule has 12 heavy (non-hydrogen) atoms. The standard InChI is InChI=1S/C9H18N2O/c1-10-8-5-3-4-6-9(8)11(2)7-12/h7-10H,3-6H2,1-2H3/t8-,9-/m0/s1. The second kappa shape index (κ2) is 4.45. The van der Waals surface area contributed by atoms with E-state index in [2.05, 4.69) is 5.32 Å². The van der Waals surface area contributed by atoms with Crippen molar-refractivity contribution in [1.29, 1.82) is 0 Å². The van der Waals surface area contributed by atoms with E-state index in [1.165, 1.54) is 19.3 Å². The summed E-state index contributed by atoms with van der Waals surface area (Å²) in [5, 5.41) is 3.27. The Morgan fingerprint density at radius 2 is 2.08 bits per heavy atom. The van der Waals surface area contributed by atoms with E-state index in [4.69, 9.17) is 0 Å². The second-order valence-electron chi connectivity index (χ2n) is 3.52. The third-order valence-electron chi connectivity index (χ3n) is 2.79. The van der Waals surface area contributed by atoms with E-state index in [-0.39, 0.29) is 0 Å². The first-order valence-electron chi connectivity index (χ1n) is 4.64. The van der Waals surface area contributed by atoms with E-state index < -0.39 is 0 Å². The lowest BCUT2D eigenvalue weighted by atomic mass is 9.90. The van der Waals surface area contributed by atoms with Crippen molar-refractivity contribution in [2.45, 2.75) is 37.8 Å². The zero-order chi connectivity index (χ0) is 8.97. The van der Waals surface area contributed by atoms with Crippen molar-refractivity contribution in [2.24, 2.45) is 0 Å². The third-order valence-corrected chi connectivity index (χ3v) is 2.79. The summed E-state index contributed by atoms with van der Waals surface area (Å²) in [5.41, 5.74) is 0. The molecule has 0 saturated heterocycles. The Morgan fingerprint density at radius 3 is 2.67 bits per heavy atom. The number of nitrogens with one attached hydrogen (secondary N) is 1. The fraction of sp³-hybridized carbons (Fsp3) is 0.889. The molecule has 0 aliphatic heterocycles. The van der Waals surface area contributed by atoms with Gasteiger partial charge in [-0.05, 0) is 19.9 Å². The first-order valence-corrected chi connectivity index (χ1v) is 4.64. The van der Waals surface area contributed by atoms with Crippen molar-refractivity contribution in [3.05, 3.63) is 0 Å². The van der Waals surface area contributed by atoms with Crippen molar-refractivity contribution >= 4 is 6.41 Å². The molecule has 1 fully saturated rings. The molecule has 1 aliphatic rings. The lowest BCUT2D eigenvalue weighted by Crippen LogP contribution is -2.48. The monoisotopic (exact) mass is 170 g/mol. The number of hydrogen-bond donors (Lipinski definition) is 1. The molecule has 1 amide bonds. The first kappa shape index (κ1) is 9.52. The minimum absolute atomic E-state index is 0.404. The zero-order valence-corrected chi connectivity index (χ0v) is 7.92. The molecular formula is C9H18N2O. The van der Waals surface area contributed by atoms with Crippen LogP contribution in [-0.2, 0) is 4.79 Å². The fourth-order valence-electron chi connectivity index (χ4n) is 2.01. The quantitative estimate of drug-likeness (QED) is 0.629. The van der Waals surface area contributed by atoms with Crippen molar-refractivity contribution in [1.82, 2.24) is 10.2 Å². The van der Waals surface area contributed by atoms with Crippen molar-refractivity contribution < 1.29 is 4.79 Å². The molecule has 0 spiro atoms. The smallest absolute Gasteiger partial charge is 0.209 e. The van der Waals surface area contributed by atoms with Crippen molar-refractivity contribution in [2.75, 3.05) is 14.1 Å². The van der Waals surface area contributed by atoms with Gasteiger partial charge in [0.05, 0.1) is 0 Å². The molecular weight excluding hydrogens is 152 g/mol. The first-order chi connectivity index (χ1) is 5.79. The molecule has 0 bridgehead atoms. The summed E-state index contributed by atoms with van der Waals surface area (Å²) in [6, 6.07) is 0.898. The highest BCUT2D eigenvalue weighted by molar-refractivity contribution is 5.47. The molecule has 0 unspecified atom stereocenters. The summed E-state index contributed by atoms with van der Waals surface area (Å²) in [6.45, 7) is 0. The van der Waals surface area contributed by atoms with Gasteiger partial charge in [0.1, 0.15) is 0 Å². The van der Waals surface area contributed by atoms with Gasteiger partial charge in [0.25, 0.3) is 0 Å². The number of rotatable bonds is 3. The fourth-order valence-corrected chi connectivity index (χ4v) is 2.01. The second-order valence-corrected chi connectivity index (χ2v) is 3.52. The van der Waals surface area contributed by atoms with Crippen molar-refractivity contribution in [3.8, 4) is 0 Å². The lowest BCUT2D eigenvalue weighted by molar-refractivity contribution is -0.119. The molecule has 0 aromatic rings. The molecule has 0 heterocycles. The Morgan fingerprint density at radius 1 is 1.42 bits per heavy atom. The molecule has 2 atom stereocenters. The van der Waals surface area contributed by atoms with E-state index in [1.807, 2.05) is 14.1 Å². The van der Waals surface area contributed by atoms with Crippen LogP contribution in [0.3, 0.4) is 0 Å². The van der Waals surface area contributed by atoms with Gasteiger partial charge in [0, 0.05) is 19.1 Å². The molecule has 1 rings (SSSR count). The topological polar surface area (TPSA) is 32.3 Å². The SMILES string of the molecule is CN[C@H]1CCCC[C@@H]1N(C)C=O. The van der Waals surface area contributed by atoms with Gasteiger partial charge in [-0.25, -0.2) is 0 Å². The maximum atomic E-state index is 10.6. The molecule has 3 nitrogen and oxygen atoms in total. The Hall–Kier alpha value is -0.570.